The third-order valence-corrected chi connectivity index (χ3v) is 6.15. The fourth-order valence-electron chi connectivity index (χ4n) is 5.02. The average molecular weight is 386 g/mol. The lowest BCUT2D eigenvalue weighted by molar-refractivity contribution is -0.136. The molecule has 4 rings (SSSR count). The summed E-state index contributed by atoms with van der Waals surface area (Å²) in [5.41, 5.74) is 4.91. The van der Waals surface area contributed by atoms with Crippen LogP contribution in [-0.4, -0.2) is 16.9 Å². The number of hydrogen-bond acceptors (Lipinski definition) is 2. The molecular weight excluding hydrogens is 360 g/mol. The third kappa shape index (κ3) is 3.46. The number of hydrogen-bond donors (Lipinski definition) is 1. The summed E-state index contributed by atoms with van der Waals surface area (Å²) in [5, 5.41) is 10.9. The van der Waals surface area contributed by atoms with Gasteiger partial charge in [0, 0.05) is 11.1 Å². The van der Waals surface area contributed by atoms with Crippen LogP contribution in [0, 0.1) is 0 Å². The molecule has 3 aromatic carbocycles. The van der Waals surface area contributed by atoms with Gasteiger partial charge in [-0.25, -0.2) is 0 Å². The SMILES string of the molecule is CC1(C)CC(C)(C)c2cc(C(=O)c3ccc4cc(CC(=O)O)ccc4c3)ccc21. The van der Waals surface area contributed by atoms with Gasteiger partial charge in [0.25, 0.3) is 0 Å². The molecular formula is C26H26O3. The number of carboxylic acids is 1. The number of fused-ring (bicyclic) bond motifs is 2. The summed E-state index contributed by atoms with van der Waals surface area (Å²) in [6.45, 7) is 9.03. The molecule has 1 N–H and O–H groups in total. The Hall–Kier alpha value is -2.94. The standard InChI is InChI=1S/C26H26O3/c1-25(2)15-26(3,4)22-14-20(9-10-21(22)25)24(29)19-8-7-17-11-16(12-23(27)28)5-6-18(17)13-19/h5-11,13-14H,12,15H2,1-4H3,(H,27,28). The zero-order chi connectivity index (χ0) is 21.0. The molecule has 0 aliphatic heterocycles. The number of benzene rings is 3. The van der Waals surface area contributed by atoms with Gasteiger partial charge < -0.3 is 5.11 Å². The number of carbonyl (C=O) groups is 2. The van der Waals surface area contributed by atoms with E-state index in [1.807, 2.05) is 42.5 Å². The van der Waals surface area contributed by atoms with Crippen molar-refractivity contribution in [3.63, 3.8) is 0 Å². The molecule has 0 fully saturated rings. The summed E-state index contributed by atoms with van der Waals surface area (Å²) in [5.74, 6) is -0.830. The molecule has 0 saturated carbocycles. The molecule has 0 heterocycles. The molecule has 0 saturated heterocycles. The van der Waals surface area contributed by atoms with Gasteiger partial charge in [-0.15, -0.1) is 0 Å². The smallest absolute Gasteiger partial charge is 0.307 e. The highest BCUT2D eigenvalue weighted by Crippen LogP contribution is 2.49. The molecule has 3 heteroatoms. The number of ketones is 1. The van der Waals surface area contributed by atoms with Gasteiger partial charge in [-0.3, -0.25) is 9.59 Å². The van der Waals surface area contributed by atoms with Crippen LogP contribution in [0.4, 0.5) is 0 Å². The Labute approximate surface area is 171 Å². The van der Waals surface area contributed by atoms with Gasteiger partial charge >= 0.3 is 5.97 Å². The van der Waals surface area contributed by atoms with Gasteiger partial charge in [0.05, 0.1) is 6.42 Å². The molecule has 0 spiro atoms. The Kier molecular flexibility index (Phi) is 4.38. The topological polar surface area (TPSA) is 54.4 Å². The Morgan fingerprint density at radius 2 is 1.38 bits per heavy atom. The first-order chi connectivity index (χ1) is 13.6. The van der Waals surface area contributed by atoms with Crippen LogP contribution in [0.5, 0.6) is 0 Å². The maximum atomic E-state index is 13.2. The van der Waals surface area contributed by atoms with E-state index in [-0.39, 0.29) is 23.0 Å². The molecule has 0 radical (unpaired) electrons. The van der Waals surface area contributed by atoms with Gasteiger partial charge in [0.15, 0.2) is 5.78 Å². The Morgan fingerprint density at radius 3 is 2.10 bits per heavy atom. The fourth-order valence-corrected chi connectivity index (χ4v) is 5.02. The Morgan fingerprint density at radius 1 is 0.793 bits per heavy atom. The number of carboxylic acid groups (broad SMARTS) is 1. The summed E-state index contributed by atoms with van der Waals surface area (Å²) in [6.07, 6.45) is 1.07. The lowest BCUT2D eigenvalue weighted by Crippen LogP contribution is -2.18. The van der Waals surface area contributed by atoms with Crippen molar-refractivity contribution in [1.29, 1.82) is 0 Å². The van der Waals surface area contributed by atoms with Crippen molar-refractivity contribution >= 4 is 22.5 Å². The van der Waals surface area contributed by atoms with Crippen molar-refractivity contribution in [2.75, 3.05) is 0 Å². The number of carbonyl (C=O) groups excluding carboxylic acids is 1. The zero-order valence-corrected chi connectivity index (χ0v) is 17.4. The van der Waals surface area contributed by atoms with Crippen LogP contribution in [0.3, 0.4) is 0 Å². The van der Waals surface area contributed by atoms with E-state index < -0.39 is 5.97 Å². The maximum absolute atomic E-state index is 13.2. The lowest BCUT2D eigenvalue weighted by Gasteiger charge is -2.22. The van der Waals surface area contributed by atoms with Crippen LogP contribution in [0.25, 0.3) is 10.8 Å². The lowest BCUT2D eigenvalue weighted by atomic mass is 9.82. The predicted molar refractivity (Wildman–Crippen MR) is 116 cm³/mol. The quantitative estimate of drug-likeness (QED) is 0.589. The van der Waals surface area contributed by atoms with Crippen LogP contribution in [0.2, 0.25) is 0 Å². The van der Waals surface area contributed by atoms with E-state index in [0.717, 1.165) is 28.3 Å². The second-order valence-electron chi connectivity index (χ2n) is 9.50. The van der Waals surface area contributed by atoms with Gasteiger partial charge in [-0.2, -0.15) is 0 Å². The van der Waals surface area contributed by atoms with E-state index in [1.54, 1.807) is 0 Å². The third-order valence-electron chi connectivity index (χ3n) is 6.15. The molecule has 1 aliphatic carbocycles. The molecule has 148 valence electrons. The molecule has 0 unspecified atom stereocenters. The van der Waals surface area contributed by atoms with Gasteiger partial charge in [-0.1, -0.05) is 70.2 Å². The highest BCUT2D eigenvalue weighted by molar-refractivity contribution is 6.10. The van der Waals surface area contributed by atoms with Crippen molar-refractivity contribution in [2.45, 2.75) is 51.4 Å². The van der Waals surface area contributed by atoms with E-state index in [4.69, 9.17) is 5.11 Å². The minimum Gasteiger partial charge on any atom is -0.481 e. The van der Waals surface area contributed by atoms with E-state index in [0.29, 0.717) is 5.56 Å². The first-order valence-electron chi connectivity index (χ1n) is 10.0. The summed E-state index contributed by atoms with van der Waals surface area (Å²) in [7, 11) is 0. The van der Waals surface area contributed by atoms with Gasteiger partial charge in [0.1, 0.15) is 0 Å². The first kappa shape index (κ1) is 19.4. The minimum absolute atomic E-state index is 0.00210. The van der Waals surface area contributed by atoms with Crippen molar-refractivity contribution in [3.8, 4) is 0 Å². The normalized spacial score (nSPS) is 16.6. The molecule has 3 aromatic rings. The summed E-state index contributed by atoms with van der Waals surface area (Å²) < 4.78 is 0. The van der Waals surface area contributed by atoms with E-state index in [2.05, 4.69) is 39.8 Å². The highest BCUT2D eigenvalue weighted by Gasteiger charge is 2.41. The molecule has 1 aliphatic rings. The van der Waals surface area contributed by atoms with Crippen LogP contribution >= 0.6 is 0 Å². The van der Waals surface area contributed by atoms with Crippen molar-refractivity contribution in [2.24, 2.45) is 0 Å². The van der Waals surface area contributed by atoms with Gasteiger partial charge in [0.2, 0.25) is 0 Å². The van der Waals surface area contributed by atoms with Crippen molar-refractivity contribution in [3.05, 3.63) is 82.4 Å². The summed E-state index contributed by atoms with van der Waals surface area (Å²) >= 11 is 0. The van der Waals surface area contributed by atoms with Crippen LogP contribution in [-0.2, 0) is 22.0 Å². The predicted octanol–water partition coefficient (Wildman–Crippen LogP) is 5.66. The second-order valence-corrected chi connectivity index (χ2v) is 9.50. The van der Waals surface area contributed by atoms with Crippen LogP contribution < -0.4 is 0 Å². The van der Waals surface area contributed by atoms with Crippen molar-refractivity contribution < 1.29 is 14.7 Å². The number of rotatable bonds is 4. The first-order valence-corrected chi connectivity index (χ1v) is 10.0. The molecule has 3 nitrogen and oxygen atoms in total. The molecule has 0 bridgehead atoms. The van der Waals surface area contributed by atoms with E-state index in [9.17, 15) is 9.59 Å². The van der Waals surface area contributed by atoms with Crippen molar-refractivity contribution in [1.82, 2.24) is 0 Å². The zero-order valence-electron chi connectivity index (χ0n) is 17.4. The summed E-state index contributed by atoms with van der Waals surface area (Å²) in [6, 6.07) is 17.3. The number of aliphatic carboxylic acids is 1. The Bertz CT molecular complexity index is 1150. The minimum atomic E-state index is -0.848. The molecule has 0 atom stereocenters. The van der Waals surface area contributed by atoms with Crippen LogP contribution in [0.1, 0.15) is 66.7 Å². The monoisotopic (exact) mass is 386 g/mol. The fraction of sp³-hybridized carbons (Fsp3) is 0.308. The average Bonchev–Trinajstić information content (AvgIpc) is 2.84. The highest BCUT2D eigenvalue weighted by atomic mass is 16.4. The Balaban J connectivity index is 1.70. The molecule has 0 aromatic heterocycles. The second kappa shape index (κ2) is 6.55. The van der Waals surface area contributed by atoms with Gasteiger partial charge in [-0.05, 0) is 56.8 Å². The molecule has 29 heavy (non-hydrogen) atoms. The largest absolute Gasteiger partial charge is 0.481 e. The van der Waals surface area contributed by atoms with E-state index >= 15 is 0 Å². The van der Waals surface area contributed by atoms with Crippen LogP contribution in [0.15, 0.2) is 54.6 Å². The van der Waals surface area contributed by atoms with E-state index in [1.165, 1.54) is 11.1 Å². The molecule has 0 amide bonds. The maximum Gasteiger partial charge on any atom is 0.307 e. The summed E-state index contributed by atoms with van der Waals surface area (Å²) in [4.78, 5) is 24.1.